The average Bonchev–Trinajstić information content (AvgIpc) is 2.46. The van der Waals surface area contributed by atoms with Crippen LogP contribution < -0.4 is 5.73 Å². The van der Waals surface area contributed by atoms with E-state index in [1.54, 1.807) is 0 Å². The lowest BCUT2D eigenvalue weighted by Gasteiger charge is -2.10. The van der Waals surface area contributed by atoms with Crippen LogP contribution in [0.1, 0.15) is 36.8 Å². The van der Waals surface area contributed by atoms with Gasteiger partial charge in [0.15, 0.2) is 0 Å². The summed E-state index contributed by atoms with van der Waals surface area (Å²) in [7, 11) is 0. The van der Waals surface area contributed by atoms with E-state index < -0.39 is 5.97 Å². The predicted octanol–water partition coefficient (Wildman–Crippen LogP) is 1.56. The third kappa shape index (κ3) is 2.38. The Morgan fingerprint density at radius 1 is 1.79 bits per heavy atom. The summed E-state index contributed by atoms with van der Waals surface area (Å²) in [6.07, 6.45) is 0.821. The number of hydrogen-bond donors (Lipinski definition) is 2. The Kier molecular flexibility index (Phi) is 4.43. The number of carboxylic acids is 1. The smallest absolute Gasteiger partial charge is 0.354 e. The van der Waals surface area contributed by atoms with Crippen LogP contribution in [-0.2, 0) is 0 Å². The molecule has 0 bridgehead atoms. The number of aromatic nitrogens is 2. The monoisotopic (exact) mass is 219 g/mol. The molecular weight excluding hydrogens is 206 g/mol. The molecule has 1 aromatic rings. The van der Waals surface area contributed by atoms with Gasteiger partial charge in [-0.3, -0.25) is 4.68 Å². The summed E-state index contributed by atoms with van der Waals surface area (Å²) in [5.74, 6) is -0.748. The number of nitrogen functional groups attached to an aromatic ring is 1. The molecule has 0 aromatic carbocycles. The fourth-order valence-electron chi connectivity index (χ4n) is 1.08. The first kappa shape index (κ1) is 12.8. The van der Waals surface area contributed by atoms with Gasteiger partial charge in [0.2, 0.25) is 0 Å². The maximum atomic E-state index is 10.7. The van der Waals surface area contributed by atoms with Crippen molar-refractivity contribution in [1.82, 2.24) is 9.78 Å². The molecule has 0 aliphatic rings. The number of carbonyl (C=O) groups is 1. The maximum absolute atomic E-state index is 10.7. The SMILES string of the molecule is CCC(C)n1nc(N)cc1C(=O)O.Cl. The minimum atomic E-state index is -0.996. The minimum Gasteiger partial charge on any atom is -0.477 e. The van der Waals surface area contributed by atoms with E-state index in [-0.39, 0.29) is 30.0 Å². The Balaban J connectivity index is 0.00000169. The van der Waals surface area contributed by atoms with Crippen LogP contribution in [0.15, 0.2) is 6.07 Å². The normalized spacial score (nSPS) is 11.9. The number of nitrogens with two attached hydrogens (primary N) is 1. The first-order valence-electron chi connectivity index (χ1n) is 4.14. The second-order valence-corrected chi connectivity index (χ2v) is 2.96. The molecule has 80 valence electrons. The largest absolute Gasteiger partial charge is 0.477 e. The van der Waals surface area contributed by atoms with Crippen LogP contribution in [0.2, 0.25) is 0 Å². The molecule has 0 fully saturated rings. The van der Waals surface area contributed by atoms with Gasteiger partial charge in [0.25, 0.3) is 0 Å². The van der Waals surface area contributed by atoms with Gasteiger partial charge in [-0.2, -0.15) is 5.10 Å². The van der Waals surface area contributed by atoms with E-state index in [1.165, 1.54) is 10.7 Å². The van der Waals surface area contributed by atoms with E-state index in [0.29, 0.717) is 0 Å². The van der Waals surface area contributed by atoms with Crippen molar-refractivity contribution in [1.29, 1.82) is 0 Å². The van der Waals surface area contributed by atoms with Crippen molar-refractivity contribution in [3.8, 4) is 0 Å². The van der Waals surface area contributed by atoms with Gasteiger partial charge in [-0.25, -0.2) is 4.79 Å². The second kappa shape index (κ2) is 4.85. The first-order chi connectivity index (χ1) is 6.06. The van der Waals surface area contributed by atoms with Crippen molar-refractivity contribution in [2.75, 3.05) is 5.73 Å². The Morgan fingerprint density at radius 2 is 2.36 bits per heavy atom. The van der Waals surface area contributed by atoms with Crippen molar-refractivity contribution < 1.29 is 9.90 Å². The Bertz CT molecular complexity index is 324. The maximum Gasteiger partial charge on any atom is 0.354 e. The lowest BCUT2D eigenvalue weighted by Crippen LogP contribution is -2.13. The molecule has 1 unspecified atom stereocenters. The van der Waals surface area contributed by atoms with Crippen LogP contribution in [0, 0.1) is 0 Å². The lowest BCUT2D eigenvalue weighted by molar-refractivity contribution is 0.0680. The van der Waals surface area contributed by atoms with Crippen LogP contribution in [0.4, 0.5) is 5.82 Å². The number of aromatic carboxylic acids is 1. The summed E-state index contributed by atoms with van der Waals surface area (Å²) in [5, 5.41) is 12.7. The standard InChI is InChI=1S/C8H13N3O2.ClH/c1-3-5(2)11-6(8(12)13)4-7(9)10-11;/h4-5H,3H2,1-2H3,(H2,9,10)(H,12,13);1H. The summed E-state index contributed by atoms with van der Waals surface area (Å²) >= 11 is 0. The quantitative estimate of drug-likeness (QED) is 0.808. The number of hydrogen-bond acceptors (Lipinski definition) is 3. The fourth-order valence-corrected chi connectivity index (χ4v) is 1.08. The molecule has 0 aliphatic heterocycles. The summed E-state index contributed by atoms with van der Waals surface area (Å²) in [6, 6.07) is 1.43. The van der Waals surface area contributed by atoms with Gasteiger partial charge in [-0.15, -0.1) is 12.4 Å². The second-order valence-electron chi connectivity index (χ2n) is 2.96. The van der Waals surface area contributed by atoms with E-state index in [1.807, 2.05) is 13.8 Å². The van der Waals surface area contributed by atoms with Crippen molar-refractivity contribution in [2.45, 2.75) is 26.3 Å². The van der Waals surface area contributed by atoms with Gasteiger partial charge in [-0.05, 0) is 13.3 Å². The lowest BCUT2D eigenvalue weighted by atomic mass is 10.2. The van der Waals surface area contributed by atoms with Gasteiger partial charge in [0, 0.05) is 12.1 Å². The van der Waals surface area contributed by atoms with E-state index in [2.05, 4.69) is 5.10 Å². The van der Waals surface area contributed by atoms with E-state index >= 15 is 0 Å². The van der Waals surface area contributed by atoms with Crippen LogP contribution in [0.25, 0.3) is 0 Å². The molecule has 3 N–H and O–H groups in total. The number of carboxylic acid groups (broad SMARTS) is 1. The summed E-state index contributed by atoms with van der Waals surface area (Å²) < 4.78 is 1.44. The van der Waals surface area contributed by atoms with E-state index in [4.69, 9.17) is 10.8 Å². The van der Waals surface area contributed by atoms with Gasteiger partial charge in [0.1, 0.15) is 11.5 Å². The molecule has 5 nitrogen and oxygen atoms in total. The van der Waals surface area contributed by atoms with Gasteiger partial charge in [0.05, 0.1) is 0 Å². The van der Waals surface area contributed by atoms with Crippen LogP contribution in [0.3, 0.4) is 0 Å². The molecule has 1 aromatic heterocycles. The summed E-state index contributed by atoms with van der Waals surface area (Å²) in [5.41, 5.74) is 5.56. The molecule has 0 radical (unpaired) electrons. The highest BCUT2D eigenvalue weighted by Gasteiger charge is 2.15. The molecular formula is C8H14ClN3O2. The molecule has 1 rings (SSSR count). The molecule has 0 amide bonds. The highest BCUT2D eigenvalue weighted by Crippen LogP contribution is 2.15. The molecule has 0 aliphatic carbocycles. The average molecular weight is 220 g/mol. The van der Waals surface area contributed by atoms with Gasteiger partial charge in [-0.1, -0.05) is 6.92 Å². The molecule has 6 heteroatoms. The number of anilines is 1. The molecule has 0 saturated carbocycles. The van der Waals surface area contributed by atoms with Crippen LogP contribution in [-0.4, -0.2) is 20.9 Å². The van der Waals surface area contributed by atoms with Crippen molar-refractivity contribution >= 4 is 24.2 Å². The van der Waals surface area contributed by atoms with Crippen molar-refractivity contribution in [3.05, 3.63) is 11.8 Å². The van der Waals surface area contributed by atoms with Crippen LogP contribution in [0.5, 0.6) is 0 Å². The molecule has 14 heavy (non-hydrogen) atoms. The zero-order chi connectivity index (χ0) is 10.0. The van der Waals surface area contributed by atoms with Gasteiger partial charge < -0.3 is 10.8 Å². The Labute approximate surface area is 88.3 Å². The topological polar surface area (TPSA) is 81.1 Å². The molecule has 0 spiro atoms. The third-order valence-corrected chi connectivity index (χ3v) is 1.98. The number of rotatable bonds is 3. The minimum absolute atomic E-state index is 0. The molecule has 1 heterocycles. The first-order valence-corrected chi connectivity index (χ1v) is 4.14. The van der Waals surface area contributed by atoms with Crippen molar-refractivity contribution in [2.24, 2.45) is 0 Å². The van der Waals surface area contributed by atoms with Crippen LogP contribution >= 0.6 is 12.4 Å². The zero-order valence-corrected chi connectivity index (χ0v) is 8.91. The fraction of sp³-hybridized carbons (Fsp3) is 0.500. The molecule has 0 saturated heterocycles. The zero-order valence-electron chi connectivity index (χ0n) is 8.10. The highest BCUT2D eigenvalue weighted by molar-refractivity contribution is 5.86. The predicted molar refractivity (Wildman–Crippen MR) is 55.8 cm³/mol. The molecule has 1 atom stereocenters. The number of nitrogens with zero attached hydrogens (tertiary/aromatic N) is 2. The Morgan fingerprint density at radius 3 is 2.79 bits per heavy atom. The number of halogens is 1. The summed E-state index contributed by atoms with van der Waals surface area (Å²) in [4.78, 5) is 10.7. The highest BCUT2D eigenvalue weighted by atomic mass is 35.5. The van der Waals surface area contributed by atoms with Crippen molar-refractivity contribution in [3.63, 3.8) is 0 Å². The summed E-state index contributed by atoms with van der Waals surface area (Å²) in [6.45, 7) is 3.87. The van der Waals surface area contributed by atoms with E-state index in [9.17, 15) is 4.79 Å². The Hall–Kier alpha value is -1.23. The third-order valence-electron chi connectivity index (χ3n) is 1.98. The van der Waals surface area contributed by atoms with E-state index in [0.717, 1.165) is 6.42 Å². The van der Waals surface area contributed by atoms with Gasteiger partial charge >= 0.3 is 5.97 Å².